The predicted octanol–water partition coefficient (Wildman–Crippen LogP) is 1.22. The molecule has 3 N–H and O–H groups in total. The van der Waals surface area contributed by atoms with E-state index in [1.54, 1.807) is 43.5 Å². The summed E-state index contributed by atoms with van der Waals surface area (Å²) in [6.07, 6.45) is 1.54. The first-order chi connectivity index (χ1) is 9.88. The van der Waals surface area contributed by atoms with Crippen LogP contribution in [-0.2, 0) is 10.0 Å². The maximum absolute atomic E-state index is 12.0. The number of nitrogens with one attached hydrogen (secondary N) is 1. The summed E-state index contributed by atoms with van der Waals surface area (Å²) in [5.74, 6) is -0.293. The third-order valence-corrected chi connectivity index (χ3v) is 3.88. The van der Waals surface area contributed by atoms with Crippen LogP contribution < -0.4 is 10.5 Å². The van der Waals surface area contributed by atoms with Gasteiger partial charge in [-0.05, 0) is 36.8 Å². The second-order valence-electron chi connectivity index (χ2n) is 4.52. The van der Waals surface area contributed by atoms with Gasteiger partial charge in [-0.2, -0.15) is 0 Å². The van der Waals surface area contributed by atoms with Crippen molar-refractivity contribution in [3.05, 3.63) is 59.9 Å². The molecule has 2 aromatic rings. The fraction of sp³-hybridized carbons (Fsp3) is 0.143. The molecule has 0 bridgehead atoms. The highest BCUT2D eigenvalue weighted by atomic mass is 32.2. The zero-order valence-corrected chi connectivity index (χ0v) is 12.2. The van der Waals surface area contributed by atoms with Gasteiger partial charge in [0.05, 0.1) is 10.9 Å². The van der Waals surface area contributed by atoms with Gasteiger partial charge in [0.15, 0.2) is 0 Å². The number of amides is 1. The Morgan fingerprint density at radius 2 is 1.86 bits per heavy atom. The number of carbonyl (C=O) groups is 1. The van der Waals surface area contributed by atoms with Crippen molar-refractivity contribution in [3.8, 4) is 0 Å². The molecule has 0 radical (unpaired) electrons. The van der Waals surface area contributed by atoms with E-state index in [0.29, 0.717) is 5.69 Å². The first kappa shape index (κ1) is 15.1. The molecule has 0 aliphatic heterocycles. The van der Waals surface area contributed by atoms with Gasteiger partial charge < -0.3 is 5.32 Å². The molecule has 6 nitrogen and oxygen atoms in total. The number of benzene rings is 1. The molecule has 0 spiro atoms. The number of primary sulfonamides is 1. The average molecular weight is 305 g/mol. The van der Waals surface area contributed by atoms with E-state index in [4.69, 9.17) is 5.14 Å². The first-order valence-electron chi connectivity index (χ1n) is 6.22. The molecule has 21 heavy (non-hydrogen) atoms. The minimum absolute atomic E-state index is 0.0366. The lowest BCUT2D eigenvalue weighted by molar-refractivity contribution is 0.0935. The van der Waals surface area contributed by atoms with E-state index in [9.17, 15) is 13.2 Å². The standard InChI is InChI=1S/C14H15N3O3S/c1-10(17-14(18)13-4-2-3-9-16-13)11-5-7-12(8-6-11)21(15,19)20/h2-10H,1H3,(H,17,18)(H2,15,19,20). The van der Waals surface area contributed by atoms with Gasteiger partial charge in [-0.15, -0.1) is 0 Å². The smallest absolute Gasteiger partial charge is 0.270 e. The zero-order chi connectivity index (χ0) is 15.5. The van der Waals surface area contributed by atoms with Crippen molar-refractivity contribution in [2.45, 2.75) is 17.9 Å². The largest absolute Gasteiger partial charge is 0.344 e. The fourth-order valence-corrected chi connectivity index (χ4v) is 2.31. The molecular weight excluding hydrogens is 290 g/mol. The van der Waals surface area contributed by atoms with E-state index in [1.807, 2.05) is 0 Å². The molecule has 1 aromatic heterocycles. The summed E-state index contributed by atoms with van der Waals surface area (Å²) < 4.78 is 22.4. The number of pyridine rings is 1. The summed E-state index contributed by atoms with van der Waals surface area (Å²) in [5.41, 5.74) is 1.09. The summed E-state index contributed by atoms with van der Waals surface area (Å²) in [4.78, 5) is 16.0. The molecule has 0 saturated carbocycles. The number of hydrogen-bond acceptors (Lipinski definition) is 4. The van der Waals surface area contributed by atoms with Gasteiger partial charge in [0.25, 0.3) is 5.91 Å². The summed E-state index contributed by atoms with van der Waals surface area (Å²) in [6.45, 7) is 1.80. The lowest BCUT2D eigenvalue weighted by atomic mass is 10.1. The highest BCUT2D eigenvalue weighted by molar-refractivity contribution is 7.89. The van der Waals surface area contributed by atoms with Crippen molar-refractivity contribution < 1.29 is 13.2 Å². The van der Waals surface area contributed by atoms with E-state index in [2.05, 4.69) is 10.3 Å². The summed E-state index contributed by atoms with van der Waals surface area (Å²) in [6, 6.07) is 10.8. The Hall–Kier alpha value is -2.25. The van der Waals surface area contributed by atoms with Crippen molar-refractivity contribution in [2.75, 3.05) is 0 Å². The highest BCUT2D eigenvalue weighted by Crippen LogP contribution is 2.15. The van der Waals surface area contributed by atoms with E-state index >= 15 is 0 Å². The van der Waals surface area contributed by atoms with E-state index in [-0.39, 0.29) is 16.8 Å². The van der Waals surface area contributed by atoms with Gasteiger partial charge in [0.1, 0.15) is 5.69 Å². The molecule has 2 rings (SSSR count). The van der Waals surface area contributed by atoms with Crippen LogP contribution in [0.25, 0.3) is 0 Å². The Labute approximate surface area is 123 Å². The minimum Gasteiger partial charge on any atom is -0.344 e. The monoisotopic (exact) mass is 305 g/mol. The number of nitrogens with zero attached hydrogens (tertiary/aromatic N) is 1. The van der Waals surface area contributed by atoms with Gasteiger partial charge in [0, 0.05) is 6.20 Å². The Kier molecular flexibility index (Phi) is 4.35. The quantitative estimate of drug-likeness (QED) is 0.886. The molecule has 0 aliphatic rings. The molecule has 1 atom stereocenters. The third-order valence-electron chi connectivity index (χ3n) is 2.95. The molecular formula is C14H15N3O3S. The third kappa shape index (κ3) is 3.87. The summed E-state index contributed by atoms with van der Waals surface area (Å²) in [7, 11) is -3.71. The maximum Gasteiger partial charge on any atom is 0.270 e. The van der Waals surface area contributed by atoms with E-state index < -0.39 is 10.0 Å². The number of rotatable bonds is 4. The number of hydrogen-bond donors (Lipinski definition) is 2. The Bertz CT molecular complexity index is 728. The maximum atomic E-state index is 12.0. The molecule has 1 amide bonds. The van der Waals surface area contributed by atoms with Crippen molar-refractivity contribution >= 4 is 15.9 Å². The fourth-order valence-electron chi connectivity index (χ4n) is 1.80. The summed E-state index contributed by atoms with van der Waals surface area (Å²) in [5, 5.41) is 7.82. The van der Waals surface area contributed by atoms with Crippen LogP contribution >= 0.6 is 0 Å². The molecule has 0 saturated heterocycles. The normalized spacial score (nSPS) is 12.7. The Morgan fingerprint density at radius 3 is 2.38 bits per heavy atom. The number of carbonyl (C=O) groups excluding carboxylic acids is 1. The first-order valence-corrected chi connectivity index (χ1v) is 7.77. The van der Waals surface area contributed by atoms with E-state index in [1.165, 1.54) is 12.1 Å². The van der Waals surface area contributed by atoms with Crippen LogP contribution in [0.5, 0.6) is 0 Å². The van der Waals surface area contributed by atoms with Gasteiger partial charge >= 0.3 is 0 Å². The summed E-state index contributed by atoms with van der Waals surface area (Å²) >= 11 is 0. The highest BCUT2D eigenvalue weighted by Gasteiger charge is 2.13. The second kappa shape index (κ2) is 6.02. The number of sulfonamides is 1. The van der Waals surface area contributed by atoms with Crippen molar-refractivity contribution in [3.63, 3.8) is 0 Å². The van der Waals surface area contributed by atoms with Crippen LogP contribution in [0, 0.1) is 0 Å². The van der Waals surface area contributed by atoms with Crippen LogP contribution in [0.3, 0.4) is 0 Å². The van der Waals surface area contributed by atoms with E-state index in [0.717, 1.165) is 5.56 Å². The van der Waals surface area contributed by atoms with Crippen LogP contribution in [0.15, 0.2) is 53.6 Å². The molecule has 7 heteroatoms. The van der Waals surface area contributed by atoms with Crippen LogP contribution in [0.1, 0.15) is 29.0 Å². The molecule has 110 valence electrons. The van der Waals surface area contributed by atoms with Crippen molar-refractivity contribution in [1.82, 2.24) is 10.3 Å². The molecule has 0 fully saturated rings. The molecule has 0 aliphatic carbocycles. The van der Waals surface area contributed by atoms with Gasteiger partial charge in [-0.3, -0.25) is 9.78 Å². The van der Waals surface area contributed by atoms with Gasteiger partial charge in [-0.25, -0.2) is 13.6 Å². The van der Waals surface area contributed by atoms with Crippen LogP contribution in [0.2, 0.25) is 0 Å². The zero-order valence-electron chi connectivity index (χ0n) is 11.4. The predicted molar refractivity (Wildman–Crippen MR) is 77.9 cm³/mol. The topological polar surface area (TPSA) is 102 Å². The number of nitrogens with two attached hydrogens (primary N) is 1. The Morgan fingerprint density at radius 1 is 1.19 bits per heavy atom. The number of aromatic nitrogens is 1. The molecule has 1 heterocycles. The van der Waals surface area contributed by atoms with Crippen molar-refractivity contribution in [2.24, 2.45) is 5.14 Å². The van der Waals surface area contributed by atoms with Crippen LogP contribution in [0.4, 0.5) is 0 Å². The SMILES string of the molecule is CC(NC(=O)c1ccccn1)c1ccc(S(N)(=O)=O)cc1. The lowest BCUT2D eigenvalue weighted by Gasteiger charge is -2.14. The average Bonchev–Trinajstić information content (AvgIpc) is 2.47. The molecule has 1 unspecified atom stereocenters. The van der Waals surface area contributed by atoms with Crippen LogP contribution in [-0.4, -0.2) is 19.3 Å². The Balaban J connectivity index is 2.10. The second-order valence-corrected chi connectivity index (χ2v) is 6.09. The minimum atomic E-state index is -3.71. The molecule has 1 aromatic carbocycles. The lowest BCUT2D eigenvalue weighted by Crippen LogP contribution is -2.27. The van der Waals surface area contributed by atoms with Crippen molar-refractivity contribution in [1.29, 1.82) is 0 Å². The van der Waals surface area contributed by atoms with Gasteiger partial charge in [0.2, 0.25) is 10.0 Å². The van der Waals surface area contributed by atoms with Gasteiger partial charge in [-0.1, -0.05) is 18.2 Å².